The maximum atomic E-state index is 2.47. The molecule has 33 heavy (non-hydrogen) atoms. The molecule has 2 fully saturated rings. The molecule has 0 nitrogen and oxygen atoms in total. The molecule has 0 N–H and O–H groups in total. The molecule has 1 heteroatoms. The van der Waals surface area contributed by atoms with Crippen molar-refractivity contribution in [2.24, 2.45) is 11.8 Å². The van der Waals surface area contributed by atoms with Gasteiger partial charge in [-0.3, -0.25) is 0 Å². The van der Waals surface area contributed by atoms with Gasteiger partial charge in [0.1, 0.15) is 0 Å². The average Bonchev–Trinajstić information content (AvgIpc) is 3.31. The Kier molecular flexibility index (Phi) is 13.4. The van der Waals surface area contributed by atoms with Crippen LogP contribution in [0.2, 0.25) is 0 Å². The van der Waals surface area contributed by atoms with Crippen molar-refractivity contribution >= 4 is 7.26 Å². The summed E-state index contributed by atoms with van der Waals surface area (Å²) in [6, 6.07) is 0. The Bertz CT molecular complexity index is 447. The summed E-state index contributed by atoms with van der Waals surface area (Å²) in [5.74, 6) is 2.13. The first-order valence-electron chi connectivity index (χ1n) is 15.9. The molecule has 1 spiro atoms. The molecule has 2 unspecified atom stereocenters. The Morgan fingerprint density at radius 1 is 0.485 bits per heavy atom. The predicted octanol–water partition coefficient (Wildman–Crippen LogP) is 11.7. The van der Waals surface area contributed by atoms with Gasteiger partial charge in [-0.15, -0.1) is 0 Å². The lowest BCUT2D eigenvalue weighted by Crippen LogP contribution is -2.47. The molecule has 0 bridgehead atoms. The fraction of sp³-hybridized carbons (Fsp3) is 1.00. The number of rotatable bonds is 18. The van der Waals surface area contributed by atoms with E-state index in [0.717, 1.165) is 22.1 Å². The van der Waals surface area contributed by atoms with Crippen molar-refractivity contribution < 1.29 is 0 Å². The van der Waals surface area contributed by atoms with Gasteiger partial charge in [-0.2, -0.15) is 0 Å². The number of unbranched alkanes of at least 4 members (excludes halogenated alkanes) is 6. The van der Waals surface area contributed by atoms with Gasteiger partial charge >= 0.3 is 0 Å². The van der Waals surface area contributed by atoms with Crippen molar-refractivity contribution in [2.45, 2.75) is 180 Å². The lowest BCUT2D eigenvalue weighted by atomic mass is 9.78. The summed E-state index contributed by atoms with van der Waals surface area (Å²) in [6.45, 7) is 14.7. The van der Waals surface area contributed by atoms with Crippen molar-refractivity contribution in [3.8, 4) is 0 Å². The first kappa shape index (κ1) is 29.7. The molecule has 196 valence electrons. The zero-order chi connectivity index (χ0) is 24.2. The largest absolute Gasteiger partial charge is 0.0834 e. The van der Waals surface area contributed by atoms with E-state index in [0.29, 0.717) is 0 Å². The zero-order valence-corrected chi connectivity index (χ0v) is 25.1. The Morgan fingerprint density at radius 3 is 1.06 bits per heavy atom. The van der Waals surface area contributed by atoms with Crippen molar-refractivity contribution in [2.75, 3.05) is 12.3 Å². The van der Waals surface area contributed by atoms with Crippen LogP contribution >= 0.6 is 7.26 Å². The van der Waals surface area contributed by atoms with E-state index >= 15 is 0 Å². The van der Waals surface area contributed by atoms with Gasteiger partial charge in [-0.05, 0) is 77.0 Å². The third-order valence-electron chi connectivity index (χ3n) is 10.6. The molecule has 2 saturated heterocycles. The summed E-state index contributed by atoms with van der Waals surface area (Å²) in [5, 5.41) is 1.52. The van der Waals surface area contributed by atoms with Gasteiger partial charge in [0.2, 0.25) is 0 Å². The molecular formula is C32H64P+. The molecule has 0 aliphatic carbocycles. The van der Waals surface area contributed by atoms with E-state index in [1.54, 1.807) is 63.7 Å². The first-order valence-corrected chi connectivity index (χ1v) is 18.1. The van der Waals surface area contributed by atoms with E-state index < -0.39 is 7.26 Å². The van der Waals surface area contributed by atoms with Crippen LogP contribution in [0, 0.1) is 11.8 Å². The molecule has 2 aliphatic rings. The van der Waals surface area contributed by atoms with Gasteiger partial charge in [0, 0.05) is 19.1 Å². The van der Waals surface area contributed by atoms with Gasteiger partial charge in [-0.1, -0.05) is 92.9 Å². The average molecular weight is 480 g/mol. The highest BCUT2D eigenvalue weighted by atomic mass is 31.2. The first-order chi connectivity index (χ1) is 16.1. The quantitative estimate of drug-likeness (QED) is 0.171. The van der Waals surface area contributed by atoms with Crippen LogP contribution in [0.25, 0.3) is 0 Å². The summed E-state index contributed by atoms with van der Waals surface area (Å²) in [4.78, 5) is 0. The van der Waals surface area contributed by atoms with E-state index in [2.05, 4.69) is 41.5 Å². The highest BCUT2D eigenvalue weighted by molar-refractivity contribution is 7.79. The highest BCUT2D eigenvalue weighted by Gasteiger charge is 2.76. The molecular weight excluding hydrogens is 415 g/mol. The third-order valence-corrected chi connectivity index (χ3v) is 17.7. The fourth-order valence-corrected chi connectivity index (χ4v) is 17.7. The minimum absolute atomic E-state index is 0.761. The van der Waals surface area contributed by atoms with Gasteiger partial charge in [0.25, 0.3) is 0 Å². The lowest BCUT2D eigenvalue weighted by Gasteiger charge is -2.53. The van der Waals surface area contributed by atoms with Gasteiger partial charge in [0.15, 0.2) is 0 Å². The monoisotopic (exact) mass is 479 g/mol. The van der Waals surface area contributed by atoms with E-state index in [4.69, 9.17) is 0 Å². The standard InChI is InChI=1S/C32H64P/c1-7-13-19-29-21-27-33(31(29,23-15-9-3)24-16-10-4)28-22-30(20-14-8-2)32(33,25-17-11-5)26-18-12-6/h29-30H,7-28H2,1-6H3/q+1. The second-order valence-corrected chi connectivity index (χ2v) is 16.9. The van der Waals surface area contributed by atoms with Crippen LogP contribution in [0.5, 0.6) is 0 Å². The molecule has 0 amide bonds. The van der Waals surface area contributed by atoms with Crippen LogP contribution in [0.1, 0.15) is 170 Å². The molecule has 0 aromatic heterocycles. The molecule has 0 aromatic rings. The summed E-state index contributed by atoms with van der Waals surface area (Å²) in [7, 11) is -0.991. The molecule has 2 atom stereocenters. The maximum Gasteiger partial charge on any atom is 0.0834 e. The van der Waals surface area contributed by atoms with E-state index in [1.807, 2.05) is 0 Å². The fourth-order valence-electron chi connectivity index (χ4n) is 9.02. The lowest BCUT2D eigenvalue weighted by molar-refractivity contribution is 0.278. The smallest absolute Gasteiger partial charge is 0.0654 e. The summed E-state index contributed by atoms with van der Waals surface area (Å²) < 4.78 is 0. The molecule has 2 rings (SSSR count). The Hall–Kier alpha value is 0.430. The van der Waals surface area contributed by atoms with E-state index in [9.17, 15) is 0 Å². The normalized spacial score (nSPS) is 28.2. The van der Waals surface area contributed by atoms with Crippen LogP contribution in [0.3, 0.4) is 0 Å². The number of hydrogen-bond donors (Lipinski definition) is 0. The van der Waals surface area contributed by atoms with Crippen LogP contribution in [0.4, 0.5) is 0 Å². The molecule has 0 saturated carbocycles. The SMILES string of the molecule is CCCCC1CC[P+]2(CCC(CCCC)C2(CCCC)CCCC)C1(CCCC)CCCC. The van der Waals surface area contributed by atoms with Gasteiger partial charge in [-0.25, -0.2) is 0 Å². The molecule has 2 aliphatic heterocycles. The third kappa shape index (κ3) is 6.05. The van der Waals surface area contributed by atoms with Crippen molar-refractivity contribution in [1.29, 1.82) is 0 Å². The predicted molar refractivity (Wildman–Crippen MR) is 155 cm³/mol. The van der Waals surface area contributed by atoms with Crippen molar-refractivity contribution in [3.63, 3.8) is 0 Å². The van der Waals surface area contributed by atoms with E-state index in [-0.39, 0.29) is 0 Å². The summed E-state index contributed by atoms with van der Waals surface area (Å²) in [5.41, 5.74) is 0. The Labute approximate surface area is 211 Å². The number of hydrogen-bond acceptors (Lipinski definition) is 0. The Balaban J connectivity index is 2.63. The molecule has 2 heterocycles. The van der Waals surface area contributed by atoms with Gasteiger partial charge < -0.3 is 0 Å². The maximum absolute atomic E-state index is 2.47. The second-order valence-electron chi connectivity index (χ2n) is 12.3. The zero-order valence-electron chi connectivity index (χ0n) is 24.2. The minimum atomic E-state index is -0.991. The van der Waals surface area contributed by atoms with Crippen molar-refractivity contribution in [3.05, 3.63) is 0 Å². The van der Waals surface area contributed by atoms with Crippen LogP contribution in [0.15, 0.2) is 0 Å². The highest BCUT2D eigenvalue weighted by Crippen LogP contribution is 2.91. The van der Waals surface area contributed by atoms with Crippen LogP contribution in [-0.2, 0) is 0 Å². The molecule has 0 radical (unpaired) electrons. The summed E-state index contributed by atoms with van der Waals surface area (Å²) >= 11 is 0. The second kappa shape index (κ2) is 14.9. The van der Waals surface area contributed by atoms with E-state index in [1.165, 1.54) is 77.0 Å². The molecule has 0 aromatic carbocycles. The van der Waals surface area contributed by atoms with Crippen molar-refractivity contribution in [1.82, 2.24) is 0 Å². The van der Waals surface area contributed by atoms with Crippen LogP contribution < -0.4 is 0 Å². The summed E-state index contributed by atoms with van der Waals surface area (Å²) in [6.07, 6.45) is 33.6. The minimum Gasteiger partial charge on any atom is -0.0654 e. The Morgan fingerprint density at radius 2 is 0.788 bits per heavy atom. The van der Waals surface area contributed by atoms with Crippen LogP contribution in [-0.4, -0.2) is 22.6 Å². The topological polar surface area (TPSA) is 0 Å². The van der Waals surface area contributed by atoms with Gasteiger partial charge in [0.05, 0.1) is 22.6 Å².